The molecular weight excluding hydrogens is 401 g/mol. The molecule has 1 heterocycles. The van der Waals surface area contributed by atoms with Crippen molar-refractivity contribution in [2.24, 2.45) is 0 Å². The summed E-state index contributed by atoms with van der Waals surface area (Å²) in [5.41, 5.74) is 1.98. The molecule has 9 heteroatoms. The number of nitrogens with one attached hydrogen (secondary N) is 1. The summed E-state index contributed by atoms with van der Waals surface area (Å²) >= 11 is 13.6. The van der Waals surface area contributed by atoms with Crippen molar-refractivity contribution >= 4 is 47.4 Å². The minimum Gasteiger partial charge on any atom is -0.312 e. The summed E-state index contributed by atoms with van der Waals surface area (Å²) in [7, 11) is 0. The topological polar surface area (TPSA) is 55.6 Å². The van der Waals surface area contributed by atoms with Gasteiger partial charge in [-0.25, -0.2) is 0 Å². The van der Waals surface area contributed by atoms with Gasteiger partial charge in [0.1, 0.15) is 0 Å². The maximum Gasteiger partial charge on any atom is 0.214 e. The Morgan fingerprint density at radius 2 is 1.88 bits per heavy atom. The monoisotopic (exact) mass is 415 g/mol. The zero-order chi connectivity index (χ0) is 16.8. The van der Waals surface area contributed by atoms with Crippen LogP contribution in [0.2, 0.25) is 10.0 Å². The average Bonchev–Trinajstić information content (AvgIpc) is 3.05. The van der Waals surface area contributed by atoms with Gasteiger partial charge in [-0.15, -0.1) is 17.5 Å². The Labute approximate surface area is 166 Å². The number of rotatable bonds is 7. The van der Waals surface area contributed by atoms with E-state index in [0.29, 0.717) is 16.6 Å². The Morgan fingerprint density at radius 1 is 1.08 bits per heavy atom. The van der Waals surface area contributed by atoms with E-state index in [1.54, 1.807) is 22.5 Å². The standard InChI is InChI=1S/C16H15Cl2N5S.ClH/c17-13-7-6-12(15(18)10-13)11-19-8-9-24-16-20-21-22-23(16)14-4-2-1-3-5-14;/h1-7,10,19H,8-9,11H2;1H. The van der Waals surface area contributed by atoms with Crippen molar-refractivity contribution in [3.63, 3.8) is 0 Å². The average molecular weight is 417 g/mol. The van der Waals surface area contributed by atoms with Gasteiger partial charge >= 0.3 is 0 Å². The number of hydrogen-bond donors (Lipinski definition) is 1. The van der Waals surface area contributed by atoms with E-state index in [0.717, 1.165) is 28.7 Å². The summed E-state index contributed by atoms with van der Waals surface area (Å²) in [4.78, 5) is 0. The number of benzene rings is 2. The minimum atomic E-state index is 0. The largest absolute Gasteiger partial charge is 0.312 e. The second-order valence-electron chi connectivity index (χ2n) is 4.97. The Hall–Kier alpha value is -1.31. The maximum absolute atomic E-state index is 6.15. The highest BCUT2D eigenvalue weighted by Gasteiger charge is 2.08. The van der Waals surface area contributed by atoms with Crippen LogP contribution in [0.25, 0.3) is 5.69 Å². The Morgan fingerprint density at radius 3 is 2.64 bits per heavy atom. The van der Waals surface area contributed by atoms with Gasteiger partial charge in [0.2, 0.25) is 5.16 Å². The van der Waals surface area contributed by atoms with Crippen molar-refractivity contribution in [2.45, 2.75) is 11.7 Å². The fourth-order valence-corrected chi connectivity index (χ4v) is 3.37. The van der Waals surface area contributed by atoms with Gasteiger partial charge in [-0.3, -0.25) is 0 Å². The third-order valence-electron chi connectivity index (χ3n) is 3.28. The summed E-state index contributed by atoms with van der Waals surface area (Å²) in [6.45, 7) is 1.51. The van der Waals surface area contributed by atoms with Crippen LogP contribution >= 0.6 is 47.4 Å². The van der Waals surface area contributed by atoms with Gasteiger partial charge in [0, 0.05) is 28.9 Å². The van der Waals surface area contributed by atoms with Gasteiger partial charge in [-0.2, -0.15) is 4.68 Å². The first-order valence-corrected chi connectivity index (χ1v) is 9.09. The highest BCUT2D eigenvalue weighted by molar-refractivity contribution is 7.99. The van der Waals surface area contributed by atoms with Crippen molar-refractivity contribution < 1.29 is 0 Å². The van der Waals surface area contributed by atoms with Crippen LogP contribution in [0.1, 0.15) is 5.56 Å². The molecule has 25 heavy (non-hydrogen) atoms. The second kappa shape index (κ2) is 9.99. The van der Waals surface area contributed by atoms with Crippen LogP contribution in [0.5, 0.6) is 0 Å². The Balaban J connectivity index is 0.00000225. The van der Waals surface area contributed by atoms with Crippen molar-refractivity contribution in [1.29, 1.82) is 0 Å². The van der Waals surface area contributed by atoms with Crippen LogP contribution in [-0.2, 0) is 6.54 Å². The molecule has 0 amide bonds. The summed E-state index contributed by atoms with van der Waals surface area (Å²) in [5.74, 6) is 0.846. The number of halogens is 3. The molecule has 0 spiro atoms. The number of hydrogen-bond acceptors (Lipinski definition) is 5. The molecule has 1 aromatic heterocycles. The molecule has 0 fully saturated rings. The van der Waals surface area contributed by atoms with Crippen LogP contribution in [0, 0.1) is 0 Å². The fourth-order valence-electron chi connectivity index (χ4n) is 2.10. The highest BCUT2D eigenvalue weighted by atomic mass is 35.5. The fraction of sp³-hybridized carbons (Fsp3) is 0.188. The summed E-state index contributed by atoms with van der Waals surface area (Å²) in [6.07, 6.45) is 0. The van der Waals surface area contributed by atoms with Crippen molar-refractivity contribution in [1.82, 2.24) is 25.5 Å². The molecule has 0 bridgehead atoms. The third-order valence-corrected chi connectivity index (χ3v) is 4.79. The van der Waals surface area contributed by atoms with E-state index >= 15 is 0 Å². The SMILES string of the molecule is Cl.Clc1ccc(CNCCSc2nnnn2-c2ccccc2)c(Cl)c1. The predicted molar refractivity (Wildman–Crippen MR) is 105 cm³/mol. The molecule has 3 rings (SSSR count). The van der Waals surface area contributed by atoms with Crippen LogP contribution in [0.3, 0.4) is 0 Å². The van der Waals surface area contributed by atoms with Gasteiger partial charge in [-0.1, -0.05) is 59.2 Å². The minimum absolute atomic E-state index is 0. The first-order chi connectivity index (χ1) is 11.7. The van der Waals surface area contributed by atoms with Crippen molar-refractivity contribution in [3.8, 4) is 5.69 Å². The number of tetrazole rings is 1. The number of para-hydroxylation sites is 1. The lowest BCUT2D eigenvalue weighted by Crippen LogP contribution is -2.17. The van der Waals surface area contributed by atoms with Gasteiger partial charge in [-0.05, 0) is 40.3 Å². The molecule has 0 saturated carbocycles. The zero-order valence-corrected chi connectivity index (χ0v) is 16.2. The Kier molecular flexibility index (Phi) is 7.99. The molecule has 0 aliphatic carbocycles. The quantitative estimate of drug-likeness (QED) is 0.460. The number of nitrogens with zero attached hydrogens (tertiary/aromatic N) is 4. The second-order valence-corrected chi connectivity index (χ2v) is 6.88. The molecule has 0 radical (unpaired) electrons. The molecule has 5 nitrogen and oxygen atoms in total. The Bertz CT molecular complexity index is 797. The molecule has 2 aromatic carbocycles. The lowest BCUT2D eigenvalue weighted by Gasteiger charge is -2.07. The highest BCUT2D eigenvalue weighted by Crippen LogP contribution is 2.21. The number of thioether (sulfide) groups is 1. The molecule has 132 valence electrons. The summed E-state index contributed by atoms with van der Waals surface area (Å²) < 4.78 is 1.74. The van der Waals surface area contributed by atoms with Crippen molar-refractivity contribution in [3.05, 3.63) is 64.1 Å². The van der Waals surface area contributed by atoms with E-state index in [9.17, 15) is 0 Å². The lowest BCUT2D eigenvalue weighted by atomic mass is 10.2. The van der Waals surface area contributed by atoms with E-state index in [1.165, 1.54) is 0 Å². The lowest BCUT2D eigenvalue weighted by molar-refractivity contribution is 0.728. The first-order valence-electron chi connectivity index (χ1n) is 7.35. The molecule has 0 unspecified atom stereocenters. The van der Waals surface area contributed by atoms with Gasteiger partial charge in [0.05, 0.1) is 5.69 Å². The molecule has 0 saturated heterocycles. The van der Waals surface area contributed by atoms with E-state index < -0.39 is 0 Å². The summed E-state index contributed by atoms with van der Waals surface area (Å²) in [5, 5.41) is 17.3. The van der Waals surface area contributed by atoms with E-state index in [1.807, 2.05) is 42.5 Å². The van der Waals surface area contributed by atoms with Gasteiger partial charge in [0.25, 0.3) is 0 Å². The summed E-state index contributed by atoms with van der Waals surface area (Å²) in [6, 6.07) is 15.4. The van der Waals surface area contributed by atoms with Crippen LogP contribution in [0.4, 0.5) is 0 Å². The first kappa shape index (κ1) is 20.0. The molecule has 0 aliphatic heterocycles. The molecule has 0 aliphatic rings. The normalized spacial score (nSPS) is 10.5. The van der Waals surface area contributed by atoms with Crippen LogP contribution < -0.4 is 5.32 Å². The number of aromatic nitrogens is 4. The van der Waals surface area contributed by atoms with Gasteiger partial charge in [0.15, 0.2) is 0 Å². The third kappa shape index (κ3) is 5.59. The van der Waals surface area contributed by atoms with E-state index in [-0.39, 0.29) is 12.4 Å². The van der Waals surface area contributed by atoms with Crippen LogP contribution in [-0.4, -0.2) is 32.5 Å². The van der Waals surface area contributed by atoms with Crippen LogP contribution in [0.15, 0.2) is 53.7 Å². The van der Waals surface area contributed by atoms with Gasteiger partial charge < -0.3 is 5.32 Å². The van der Waals surface area contributed by atoms with E-state index in [2.05, 4.69) is 20.8 Å². The predicted octanol–water partition coefficient (Wildman–Crippen LogP) is 4.27. The maximum atomic E-state index is 6.15. The molecule has 0 atom stereocenters. The molecular formula is C16H16Cl3N5S. The van der Waals surface area contributed by atoms with E-state index in [4.69, 9.17) is 23.2 Å². The smallest absolute Gasteiger partial charge is 0.214 e. The van der Waals surface area contributed by atoms with Crippen molar-refractivity contribution in [2.75, 3.05) is 12.3 Å². The molecule has 1 N–H and O–H groups in total. The molecule has 3 aromatic rings. The zero-order valence-electron chi connectivity index (χ0n) is 13.1.